The van der Waals surface area contributed by atoms with Crippen LogP contribution in [0.5, 0.6) is 5.75 Å². The van der Waals surface area contributed by atoms with Gasteiger partial charge in [0, 0.05) is 13.1 Å². The summed E-state index contributed by atoms with van der Waals surface area (Å²) in [4.78, 5) is 0.193. The van der Waals surface area contributed by atoms with Gasteiger partial charge in [-0.15, -0.1) is 0 Å². The lowest BCUT2D eigenvalue weighted by Gasteiger charge is -2.37. The first-order valence-corrected chi connectivity index (χ1v) is 7.18. The highest BCUT2D eigenvalue weighted by Crippen LogP contribution is 2.24. The summed E-state index contributed by atoms with van der Waals surface area (Å²) in [5.41, 5.74) is -0.470. The minimum Gasteiger partial charge on any atom is -0.508 e. The predicted octanol–water partition coefficient (Wildman–Crippen LogP) is 1.19. The number of aromatic hydroxyl groups is 1. The Bertz CT molecular complexity index is 522. The van der Waals surface area contributed by atoms with Gasteiger partial charge in [0.15, 0.2) is 0 Å². The van der Waals surface area contributed by atoms with Crippen LogP contribution in [0.2, 0.25) is 0 Å². The molecule has 0 saturated carbocycles. The number of phenolic OH excluding ortho intramolecular Hbond substituents is 1. The molecule has 0 atom stereocenters. The Morgan fingerprint density at radius 2 is 1.89 bits per heavy atom. The fourth-order valence-electron chi connectivity index (χ4n) is 1.95. The quantitative estimate of drug-likeness (QED) is 0.877. The van der Waals surface area contributed by atoms with E-state index in [1.165, 1.54) is 28.6 Å². The van der Waals surface area contributed by atoms with Crippen LogP contribution in [0.25, 0.3) is 0 Å². The summed E-state index contributed by atoms with van der Waals surface area (Å²) in [6.45, 7) is 4.81. The van der Waals surface area contributed by atoms with Crippen molar-refractivity contribution in [2.24, 2.45) is 0 Å². The fraction of sp³-hybridized carbons (Fsp3) is 0.500. The van der Waals surface area contributed by atoms with E-state index in [0.29, 0.717) is 19.7 Å². The summed E-state index contributed by atoms with van der Waals surface area (Å²) in [5.74, 6) is 0.0521. The van der Waals surface area contributed by atoms with E-state index in [1.54, 1.807) is 0 Å². The smallest absolute Gasteiger partial charge is 0.243 e. The summed E-state index contributed by atoms with van der Waals surface area (Å²) in [5, 5.41) is 9.19. The van der Waals surface area contributed by atoms with Crippen molar-refractivity contribution in [2.75, 3.05) is 19.7 Å². The Balaban J connectivity index is 2.28. The van der Waals surface area contributed by atoms with Gasteiger partial charge >= 0.3 is 0 Å². The van der Waals surface area contributed by atoms with Crippen LogP contribution in [-0.4, -0.2) is 43.1 Å². The fourth-order valence-corrected chi connectivity index (χ4v) is 3.52. The first-order valence-electron chi connectivity index (χ1n) is 5.74. The third-order valence-corrected chi connectivity index (χ3v) is 4.72. The maximum absolute atomic E-state index is 12.4. The van der Waals surface area contributed by atoms with E-state index in [1.807, 2.05) is 13.8 Å². The molecule has 1 fully saturated rings. The van der Waals surface area contributed by atoms with Crippen molar-refractivity contribution >= 4 is 10.0 Å². The zero-order valence-corrected chi connectivity index (χ0v) is 11.3. The maximum atomic E-state index is 12.4. The average molecular weight is 271 g/mol. The summed E-state index contributed by atoms with van der Waals surface area (Å²) in [7, 11) is -3.51. The molecule has 1 N–H and O–H groups in total. The SMILES string of the molecule is CC1(C)CN(S(=O)(=O)c2ccc(O)cc2)CCO1. The summed E-state index contributed by atoms with van der Waals surface area (Å²) in [6.07, 6.45) is 0. The van der Waals surface area contributed by atoms with Gasteiger partial charge < -0.3 is 9.84 Å². The molecule has 5 nitrogen and oxygen atoms in total. The van der Waals surface area contributed by atoms with Crippen LogP contribution in [0.4, 0.5) is 0 Å². The number of sulfonamides is 1. The Morgan fingerprint density at radius 1 is 1.28 bits per heavy atom. The van der Waals surface area contributed by atoms with Crippen LogP contribution in [-0.2, 0) is 14.8 Å². The van der Waals surface area contributed by atoms with Gasteiger partial charge in [-0.2, -0.15) is 4.31 Å². The van der Waals surface area contributed by atoms with E-state index in [4.69, 9.17) is 4.74 Å². The van der Waals surface area contributed by atoms with Gasteiger partial charge in [0.2, 0.25) is 10.0 Å². The van der Waals surface area contributed by atoms with Crippen molar-refractivity contribution in [1.82, 2.24) is 4.31 Å². The Kier molecular flexibility index (Phi) is 3.35. The molecule has 0 aliphatic carbocycles. The normalized spacial score (nSPS) is 20.8. The zero-order valence-electron chi connectivity index (χ0n) is 10.5. The molecule has 0 spiro atoms. The van der Waals surface area contributed by atoms with E-state index in [9.17, 15) is 13.5 Å². The third kappa shape index (κ3) is 2.66. The highest BCUT2D eigenvalue weighted by Gasteiger charge is 2.34. The molecule has 1 heterocycles. The first-order chi connectivity index (χ1) is 8.31. The monoisotopic (exact) mass is 271 g/mol. The van der Waals surface area contributed by atoms with E-state index in [0.717, 1.165) is 0 Å². The molecule has 0 amide bonds. The van der Waals surface area contributed by atoms with Gasteiger partial charge in [-0.1, -0.05) is 0 Å². The van der Waals surface area contributed by atoms with Gasteiger partial charge in [0.25, 0.3) is 0 Å². The molecule has 0 radical (unpaired) electrons. The van der Waals surface area contributed by atoms with E-state index in [2.05, 4.69) is 0 Å². The molecular weight excluding hydrogens is 254 g/mol. The lowest BCUT2D eigenvalue weighted by atomic mass is 10.1. The Hall–Kier alpha value is -1.11. The molecule has 0 bridgehead atoms. The molecule has 6 heteroatoms. The Morgan fingerprint density at radius 3 is 2.44 bits per heavy atom. The van der Waals surface area contributed by atoms with Crippen molar-refractivity contribution in [2.45, 2.75) is 24.3 Å². The van der Waals surface area contributed by atoms with Crippen molar-refractivity contribution in [1.29, 1.82) is 0 Å². The van der Waals surface area contributed by atoms with Crippen molar-refractivity contribution in [3.05, 3.63) is 24.3 Å². The van der Waals surface area contributed by atoms with Gasteiger partial charge in [-0.25, -0.2) is 8.42 Å². The van der Waals surface area contributed by atoms with Crippen LogP contribution in [0, 0.1) is 0 Å². The van der Waals surface area contributed by atoms with E-state index < -0.39 is 15.6 Å². The molecule has 2 rings (SSSR count). The molecule has 18 heavy (non-hydrogen) atoms. The van der Waals surface area contributed by atoms with Crippen LogP contribution < -0.4 is 0 Å². The molecule has 1 aliphatic rings. The maximum Gasteiger partial charge on any atom is 0.243 e. The number of nitrogens with zero attached hydrogens (tertiary/aromatic N) is 1. The molecule has 0 aromatic heterocycles. The third-order valence-electron chi connectivity index (χ3n) is 2.87. The second-order valence-corrected chi connectivity index (χ2v) is 6.88. The predicted molar refractivity (Wildman–Crippen MR) is 66.9 cm³/mol. The topological polar surface area (TPSA) is 66.8 Å². The highest BCUT2D eigenvalue weighted by molar-refractivity contribution is 7.89. The zero-order chi connectivity index (χ0) is 13.4. The number of phenols is 1. The largest absolute Gasteiger partial charge is 0.508 e. The first kappa shape index (κ1) is 13.3. The minimum atomic E-state index is -3.51. The lowest BCUT2D eigenvalue weighted by molar-refractivity contribution is -0.0640. The van der Waals surface area contributed by atoms with Crippen molar-refractivity contribution < 1.29 is 18.3 Å². The number of rotatable bonds is 2. The molecular formula is C12H17NO4S. The second-order valence-electron chi connectivity index (χ2n) is 4.94. The molecule has 1 aliphatic heterocycles. The Labute approximate surface area is 107 Å². The van der Waals surface area contributed by atoms with Crippen molar-refractivity contribution in [3.8, 4) is 5.75 Å². The van der Waals surface area contributed by atoms with Crippen LogP contribution in [0.1, 0.15) is 13.8 Å². The molecule has 1 saturated heterocycles. The van der Waals surface area contributed by atoms with Crippen LogP contribution >= 0.6 is 0 Å². The number of morpholine rings is 1. The summed E-state index contributed by atoms with van der Waals surface area (Å²) < 4.78 is 31.7. The van der Waals surface area contributed by atoms with E-state index >= 15 is 0 Å². The van der Waals surface area contributed by atoms with Crippen LogP contribution in [0.3, 0.4) is 0 Å². The van der Waals surface area contributed by atoms with Gasteiger partial charge in [-0.3, -0.25) is 0 Å². The summed E-state index contributed by atoms with van der Waals surface area (Å²) in [6, 6.07) is 5.57. The van der Waals surface area contributed by atoms with Gasteiger partial charge in [-0.05, 0) is 38.1 Å². The number of benzene rings is 1. The van der Waals surface area contributed by atoms with Crippen LogP contribution in [0.15, 0.2) is 29.2 Å². The van der Waals surface area contributed by atoms with Gasteiger partial charge in [0.1, 0.15) is 5.75 Å². The molecule has 0 unspecified atom stereocenters. The van der Waals surface area contributed by atoms with Crippen molar-refractivity contribution in [3.63, 3.8) is 0 Å². The molecule has 1 aromatic rings. The number of ether oxygens (including phenoxy) is 1. The minimum absolute atomic E-state index is 0.0521. The number of hydrogen-bond donors (Lipinski definition) is 1. The summed E-state index contributed by atoms with van der Waals surface area (Å²) >= 11 is 0. The molecule has 1 aromatic carbocycles. The van der Waals surface area contributed by atoms with Gasteiger partial charge in [0.05, 0.1) is 17.1 Å². The average Bonchev–Trinajstić information content (AvgIpc) is 2.28. The highest BCUT2D eigenvalue weighted by atomic mass is 32.2. The standard InChI is InChI=1S/C12H17NO4S/c1-12(2)9-13(7-8-17-12)18(15,16)11-5-3-10(14)4-6-11/h3-6,14H,7-9H2,1-2H3. The lowest BCUT2D eigenvalue weighted by Crippen LogP contribution is -2.50. The number of hydrogen-bond acceptors (Lipinski definition) is 4. The second kappa shape index (κ2) is 4.53. The molecule has 100 valence electrons. The van der Waals surface area contributed by atoms with E-state index in [-0.39, 0.29) is 10.6 Å².